The molecule has 1 saturated heterocycles. The van der Waals surface area contributed by atoms with Crippen LogP contribution < -0.4 is 10.8 Å². The molecule has 5 nitrogen and oxygen atoms in total. The van der Waals surface area contributed by atoms with Gasteiger partial charge >= 0.3 is 13.2 Å². The molecule has 0 spiro atoms. The normalized spacial score (nSPS) is 20.2. The van der Waals surface area contributed by atoms with Crippen molar-refractivity contribution in [3.63, 3.8) is 0 Å². The lowest BCUT2D eigenvalue weighted by molar-refractivity contribution is 0.00578. The highest BCUT2D eigenvalue weighted by atomic mass is 16.7. The first kappa shape index (κ1) is 19.8. The van der Waals surface area contributed by atoms with Gasteiger partial charge in [-0.05, 0) is 66.4 Å². The molecule has 0 bridgehead atoms. The molecule has 138 valence electrons. The average molecular weight is 347 g/mol. The van der Waals surface area contributed by atoms with E-state index in [2.05, 4.69) is 5.32 Å². The fraction of sp³-hybridized carbons (Fsp3) is 0.632. The fourth-order valence-electron chi connectivity index (χ4n) is 2.65. The van der Waals surface area contributed by atoms with Gasteiger partial charge in [-0.25, -0.2) is 4.79 Å². The molecular formula is C19H30BNO4. The number of hydrogen-bond acceptors (Lipinski definition) is 4. The highest BCUT2D eigenvalue weighted by molar-refractivity contribution is 6.62. The second kappa shape index (κ2) is 6.65. The Balaban J connectivity index is 2.20. The standard InChI is InChI=1S/C19H30BNO4/c1-13(21-16(22)23-17(2,3)4)14-11-9-10-12-15(14)20-24-18(5,6)19(7,8)25-20/h9-13H,1-8H3,(H,21,22). The molecule has 1 fully saturated rings. The minimum atomic E-state index is -0.533. The van der Waals surface area contributed by atoms with Gasteiger partial charge in [0, 0.05) is 0 Å². The topological polar surface area (TPSA) is 56.8 Å². The summed E-state index contributed by atoms with van der Waals surface area (Å²) < 4.78 is 17.7. The number of carbonyl (C=O) groups excluding carboxylic acids is 1. The predicted octanol–water partition coefficient (Wildman–Crippen LogP) is 3.57. The van der Waals surface area contributed by atoms with Gasteiger partial charge in [-0.15, -0.1) is 0 Å². The molecule has 1 atom stereocenters. The van der Waals surface area contributed by atoms with Crippen molar-refractivity contribution in [1.29, 1.82) is 0 Å². The summed E-state index contributed by atoms with van der Waals surface area (Å²) in [6.07, 6.45) is -0.441. The Morgan fingerprint density at radius 2 is 1.64 bits per heavy atom. The average Bonchev–Trinajstić information content (AvgIpc) is 2.65. The number of benzene rings is 1. The summed E-state index contributed by atoms with van der Waals surface area (Å²) in [5.74, 6) is 0. The number of carbonyl (C=O) groups is 1. The van der Waals surface area contributed by atoms with Gasteiger partial charge in [0.2, 0.25) is 0 Å². The molecule has 0 aromatic heterocycles. The molecule has 1 amide bonds. The zero-order valence-corrected chi connectivity index (χ0v) is 16.6. The van der Waals surface area contributed by atoms with Crippen molar-refractivity contribution >= 4 is 18.7 Å². The van der Waals surface area contributed by atoms with Crippen LogP contribution in [0.2, 0.25) is 0 Å². The number of alkyl carbamates (subject to hydrolysis) is 1. The summed E-state index contributed by atoms with van der Waals surface area (Å²) >= 11 is 0. The van der Waals surface area contributed by atoms with Gasteiger partial charge in [0.25, 0.3) is 0 Å². The van der Waals surface area contributed by atoms with Crippen molar-refractivity contribution in [2.45, 2.75) is 78.2 Å². The molecule has 1 aromatic carbocycles. The lowest BCUT2D eigenvalue weighted by Crippen LogP contribution is -2.41. The van der Waals surface area contributed by atoms with E-state index in [1.165, 1.54) is 0 Å². The quantitative estimate of drug-likeness (QED) is 0.850. The minimum Gasteiger partial charge on any atom is -0.444 e. The van der Waals surface area contributed by atoms with Crippen LogP contribution in [0.5, 0.6) is 0 Å². The van der Waals surface area contributed by atoms with E-state index in [4.69, 9.17) is 14.0 Å². The van der Waals surface area contributed by atoms with Gasteiger partial charge in [0.1, 0.15) is 5.60 Å². The van der Waals surface area contributed by atoms with Crippen LogP contribution >= 0.6 is 0 Å². The second-order valence-corrected chi connectivity index (χ2v) is 8.59. The third-order valence-corrected chi connectivity index (χ3v) is 4.70. The first-order valence-corrected chi connectivity index (χ1v) is 8.76. The molecule has 6 heteroatoms. The van der Waals surface area contributed by atoms with Crippen LogP contribution in [-0.4, -0.2) is 30.0 Å². The maximum absolute atomic E-state index is 12.1. The van der Waals surface area contributed by atoms with Crippen LogP contribution in [0.3, 0.4) is 0 Å². The fourth-order valence-corrected chi connectivity index (χ4v) is 2.65. The summed E-state index contributed by atoms with van der Waals surface area (Å²) in [6.45, 7) is 15.6. The van der Waals surface area contributed by atoms with E-state index in [1.54, 1.807) is 0 Å². The zero-order valence-electron chi connectivity index (χ0n) is 16.6. The summed E-state index contributed by atoms with van der Waals surface area (Å²) in [5, 5.41) is 2.89. The lowest BCUT2D eigenvalue weighted by atomic mass is 9.74. The molecule has 1 aliphatic rings. The van der Waals surface area contributed by atoms with E-state index in [0.29, 0.717) is 0 Å². The van der Waals surface area contributed by atoms with Gasteiger partial charge in [0.05, 0.1) is 17.2 Å². The molecule has 1 aromatic rings. The van der Waals surface area contributed by atoms with Gasteiger partial charge in [-0.2, -0.15) is 0 Å². The van der Waals surface area contributed by atoms with Crippen molar-refractivity contribution in [3.8, 4) is 0 Å². The summed E-state index contributed by atoms with van der Waals surface area (Å²) in [7, 11) is -0.468. The third-order valence-electron chi connectivity index (χ3n) is 4.70. The van der Waals surface area contributed by atoms with Crippen molar-refractivity contribution < 1.29 is 18.8 Å². The second-order valence-electron chi connectivity index (χ2n) is 8.59. The molecule has 1 unspecified atom stereocenters. The maximum atomic E-state index is 12.1. The smallest absolute Gasteiger partial charge is 0.444 e. The van der Waals surface area contributed by atoms with Crippen molar-refractivity contribution in [2.24, 2.45) is 0 Å². The Kier molecular flexibility index (Phi) is 5.27. The predicted molar refractivity (Wildman–Crippen MR) is 99.9 cm³/mol. The van der Waals surface area contributed by atoms with E-state index in [0.717, 1.165) is 11.0 Å². The van der Waals surface area contributed by atoms with E-state index in [-0.39, 0.29) is 6.04 Å². The first-order valence-electron chi connectivity index (χ1n) is 8.76. The van der Waals surface area contributed by atoms with Crippen LogP contribution in [0.25, 0.3) is 0 Å². The van der Waals surface area contributed by atoms with Crippen LogP contribution in [0.1, 0.15) is 67.0 Å². The Morgan fingerprint density at radius 1 is 1.12 bits per heavy atom. The molecule has 1 aliphatic heterocycles. The van der Waals surface area contributed by atoms with E-state index in [1.807, 2.05) is 79.7 Å². The SMILES string of the molecule is CC(NC(=O)OC(C)(C)C)c1ccccc1B1OC(C)(C)C(C)(C)O1. The van der Waals surface area contributed by atoms with Crippen LogP contribution in [-0.2, 0) is 14.0 Å². The monoisotopic (exact) mass is 347 g/mol. The van der Waals surface area contributed by atoms with Gasteiger partial charge < -0.3 is 19.4 Å². The highest BCUT2D eigenvalue weighted by Crippen LogP contribution is 2.37. The van der Waals surface area contributed by atoms with E-state index >= 15 is 0 Å². The van der Waals surface area contributed by atoms with Crippen LogP contribution in [0.4, 0.5) is 4.79 Å². The van der Waals surface area contributed by atoms with Crippen molar-refractivity contribution in [1.82, 2.24) is 5.32 Å². The van der Waals surface area contributed by atoms with Gasteiger partial charge in [0.15, 0.2) is 0 Å². The first-order chi connectivity index (χ1) is 11.3. The molecule has 1 N–H and O–H groups in total. The third kappa shape index (κ3) is 4.56. The molecule has 1 heterocycles. The summed E-state index contributed by atoms with van der Waals surface area (Å²) in [4.78, 5) is 12.1. The highest BCUT2D eigenvalue weighted by Gasteiger charge is 2.52. The number of nitrogens with one attached hydrogen (secondary N) is 1. The Labute approximate surface area is 151 Å². The van der Waals surface area contributed by atoms with Crippen LogP contribution in [0.15, 0.2) is 24.3 Å². The molecule has 25 heavy (non-hydrogen) atoms. The molecule has 0 saturated carbocycles. The summed E-state index contributed by atoms with van der Waals surface area (Å²) in [6, 6.07) is 7.61. The van der Waals surface area contributed by atoms with Crippen LogP contribution in [0, 0.1) is 0 Å². The molecular weight excluding hydrogens is 317 g/mol. The van der Waals surface area contributed by atoms with Crippen molar-refractivity contribution in [3.05, 3.63) is 29.8 Å². The van der Waals surface area contributed by atoms with E-state index in [9.17, 15) is 4.79 Å². The van der Waals surface area contributed by atoms with Gasteiger partial charge in [-0.3, -0.25) is 0 Å². The number of ether oxygens (including phenoxy) is 1. The minimum absolute atomic E-state index is 0.231. The molecule has 0 radical (unpaired) electrons. The van der Waals surface area contributed by atoms with E-state index < -0.39 is 30.0 Å². The number of hydrogen-bond donors (Lipinski definition) is 1. The van der Waals surface area contributed by atoms with Crippen molar-refractivity contribution in [2.75, 3.05) is 0 Å². The lowest BCUT2D eigenvalue weighted by Gasteiger charge is -2.32. The number of amides is 1. The Hall–Kier alpha value is -1.53. The Bertz CT molecular complexity index is 621. The number of rotatable bonds is 3. The zero-order chi connectivity index (χ0) is 19.0. The summed E-state index contributed by atoms with van der Waals surface area (Å²) in [5.41, 5.74) is 0.519. The largest absolute Gasteiger partial charge is 0.495 e. The Morgan fingerprint density at radius 3 is 2.16 bits per heavy atom. The van der Waals surface area contributed by atoms with Gasteiger partial charge in [-0.1, -0.05) is 24.3 Å². The maximum Gasteiger partial charge on any atom is 0.495 e. The molecule has 0 aliphatic carbocycles. The molecule has 2 rings (SSSR count).